The van der Waals surface area contributed by atoms with E-state index in [9.17, 15) is 0 Å². The van der Waals surface area contributed by atoms with Crippen LogP contribution in [0.2, 0.25) is 0 Å². The molecule has 0 fully saturated rings. The molecule has 1 aromatic rings. The lowest BCUT2D eigenvalue weighted by atomic mass is 9.97. The maximum Gasteiger partial charge on any atom is 0.141 e. The molecule has 1 aromatic heterocycles. The van der Waals surface area contributed by atoms with Gasteiger partial charge in [-0.05, 0) is 44.7 Å². The Balaban J connectivity index is 1.63. The Hall–Kier alpha value is -1.22. The summed E-state index contributed by atoms with van der Waals surface area (Å²) in [6.07, 6.45) is 12.5. The minimum atomic E-state index is 0.772. The van der Waals surface area contributed by atoms with Gasteiger partial charge in [0.15, 0.2) is 0 Å². The zero-order chi connectivity index (χ0) is 11.1. The maximum atomic E-state index is 4.17. The molecule has 1 heterocycles. The van der Waals surface area contributed by atoms with Crippen molar-refractivity contribution >= 4 is 0 Å². The highest BCUT2D eigenvalue weighted by Gasteiger charge is 2.02. The lowest BCUT2D eigenvalue weighted by molar-refractivity contribution is 0.620. The van der Waals surface area contributed by atoms with E-state index in [0.29, 0.717) is 0 Å². The second kappa shape index (κ2) is 6.38. The third-order valence-electron chi connectivity index (χ3n) is 2.91. The molecule has 1 N–H and O–H groups in total. The first-order valence-electron chi connectivity index (χ1n) is 6.09. The van der Waals surface area contributed by atoms with Gasteiger partial charge < -0.3 is 5.32 Å². The van der Waals surface area contributed by atoms with Gasteiger partial charge in [0, 0.05) is 12.4 Å². The van der Waals surface area contributed by atoms with E-state index < -0.39 is 0 Å². The van der Waals surface area contributed by atoms with E-state index in [4.69, 9.17) is 0 Å². The molecular formula is C13H19N3. The molecular weight excluding hydrogens is 198 g/mol. The Morgan fingerprint density at radius 2 is 2.06 bits per heavy atom. The topological polar surface area (TPSA) is 37.8 Å². The fourth-order valence-electron chi connectivity index (χ4n) is 2.00. The molecule has 86 valence electrons. The molecule has 0 spiro atoms. The van der Waals surface area contributed by atoms with Crippen LogP contribution in [0.15, 0.2) is 30.1 Å². The van der Waals surface area contributed by atoms with E-state index in [-0.39, 0.29) is 0 Å². The Morgan fingerprint density at radius 1 is 1.19 bits per heavy atom. The molecule has 0 aliphatic heterocycles. The van der Waals surface area contributed by atoms with Gasteiger partial charge in [0.05, 0.1) is 6.54 Å². The number of nitrogens with one attached hydrogen (secondary N) is 1. The van der Waals surface area contributed by atoms with E-state index in [1.807, 2.05) is 6.07 Å². The van der Waals surface area contributed by atoms with Gasteiger partial charge in [0.1, 0.15) is 5.82 Å². The first-order valence-corrected chi connectivity index (χ1v) is 6.09. The van der Waals surface area contributed by atoms with Crippen molar-refractivity contribution < 1.29 is 0 Å². The van der Waals surface area contributed by atoms with Crippen LogP contribution in [-0.4, -0.2) is 16.5 Å². The lowest BCUT2D eigenvalue weighted by Gasteiger charge is -2.12. The van der Waals surface area contributed by atoms with Crippen LogP contribution in [0.3, 0.4) is 0 Å². The van der Waals surface area contributed by atoms with E-state index in [2.05, 4.69) is 21.4 Å². The highest BCUT2D eigenvalue weighted by atomic mass is 14.9. The molecule has 1 aliphatic carbocycles. The SMILES string of the molecule is C1=C(CCNCc2ncccn2)CCCC1. The van der Waals surface area contributed by atoms with Gasteiger partial charge in [-0.2, -0.15) is 0 Å². The van der Waals surface area contributed by atoms with Gasteiger partial charge in [0.25, 0.3) is 0 Å². The smallest absolute Gasteiger partial charge is 0.141 e. The van der Waals surface area contributed by atoms with Crippen LogP contribution in [0.4, 0.5) is 0 Å². The largest absolute Gasteiger partial charge is 0.310 e. The van der Waals surface area contributed by atoms with Crippen molar-refractivity contribution in [2.24, 2.45) is 0 Å². The molecule has 0 saturated carbocycles. The predicted octanol–water partition coefficient (Wildman–Crippen LogP) is 2.46. The van der Waals surface area contributed by atoms with Crippen LogP contribution in [0.1, 0.15) is 37.9 Å². The average molecular weight is 217 g/mol. The quantitative estimate of drug-likeness (QED) is 0.608. The fraction of sp³-hybridized carbons (Fsp3) is 0.538. The summed E-state index contributed by atoms with van der Waals surface area (Å²) in [7, 11) is 0. The highest BCUT2D eigenvalue weighted by molar-refractivity contribution is 5.05. The number of hydrogen-bond donors (Lipinski definition) is 1. The third-order valence-corrected chi connectivity index (χ3v) is 2.91. The average Bonchev–Trinajstić information content (AvgIpc) is 2.37. The molecule has 2 rings (SSSR count). The third kappa shape index (κ3) is 3.74. The summed E-state index contributed by atoms with van der Waals surface area (Å²) >= 11 is 0. The summed E-state index contributed by atoms with van der Waals surface area (Å²) in [5, 5.41) is 3.38. The molecule has 0 bridgehead atoms. The van der Waals surface area contributed by atoms with Gasteiger partial charge >= 0.3 is 0 Å². The minimum absolute atomic E-state index is 0.772. The van der Waals surface area contributed by atoms with Crippen molar-refractivity contribution in [1.29, 1.82) is 0 Å². The van der Waals surface area contributed by atoms with Crippen LogP contribution in [-0.2, 0) is 6.54 Å². The van der Waals surface area contributed by atoms with E-state index >= 15 is 0 Å². The summed E-state index contributed by atoms with van der Waals surface area (Å²) in [5.41, 5.74) is 1.62. The Kier molecular flexibility index (Phi) is 4.50. The van der Waals surface area contributed by atoms with Gasteiger partial charge in [0.2, 0.25) is 0 Å². The number of allylic oxidation sites excluding steroid dienone is 1. The van der Waals surface area contributed by atoms with Gasteiger partial charge in [-0.1, -0.05) is 11.6 Å². The summed E-state index contributed by atoms with van der Waals surface area (Å²) in [4.78, 5) is 8.35. The van der Waals surface area contributed by atoms with Crippen LogP contribution >= 0.6 is 0 Å². The molecule has 3 heteroatoms. The number of nitrogens with zero attached hydrogens (tertiary/aromatic N) is 2. The van der Waals surface area contributed by atoms with Crippen molar-refractivity contribution in [3.05, 3.63) is 35.9 Å². The van der Waals surface area contributed by atoms with Crippen LogP contribution in [0, 0.1) is 0 Å². The van der Waals surface area contributed by atoms with Crippen molar-refractivity contribution in [1.82, 2.24) is 15.3 Å². The fourth-order valence-corrected chi connectivity index (χ4v) is 2.00. The second-order valence-electron chi connectivity index (χ2n) is 4.20. The summed E-state index contributed by atoms with van der Waals surface area (Å²) in [6.45, 7) is 1.80. The number of rotatable bonds is 5. The monoisotopic (exact) mass is 217 g/mol. The first-order chi connectivity index (χ1) is 7.95. The van der Waals surface area contributed by atoms with Crippen molar-refractivity contribution in [3.63, 3.8) is 0 Å². The molecule has 0 aromatic carbocycles. The Bertz CT molecular complexity index is 332. The molecule has 0 saturated heterocycles. The normalized spacial score (nSPS) is 15.9. The zero-order valence-corrected chi connectivity index (χ0v) is 9.65. The molecule has 16 heavy (non-hydrogen) atoms. The lowest BCUT2D eigenvalue weighted by Crippen LogP contribution is -2.17. The summed E-state index contributed by atoms with van der Waals surface area (Å²) in [6, 6.07) is 1.84. The number of hydrogen-bond acceptors (Lipinski definition) is 3. The zero-order valence-electron chi connectivity index (χ0n) is 9.65. The van der Waals surface area contributed by atoms with Gasteiger partial charge in [-0.15, -0.1) is 0 Å². The molecule has 1 aliphatic rings. The van der Waals surface area contributed by atoms with Gasteiger partial charge in [-0.25, -0.2) is 9.97 Å². The van der Waals surface area contributed by atoms with Crippen molar-refractivity contribution in [2.45, 2.75) is 38.6 Å². The molecule has 0 atom stereocenters. The Labute approximate surface area is 97.0 Å². The van der Waals surface area contributed by atoms with Crippen LogP contribution < -0.4 is 5.32 Å². The van der Waals surface area contributed by atoms with Crippen molar-refractivity contribution in [2.75, 3.05) is 6.54 Å². The Morgan fingerprint density at radius 3 is 2.81 bits per heavy atom. The van der Waals surface area contributed by atoms with E-state index in [1.165, 1.54) is 32.1 Å². The molecule has 3 nitrogen and oxygen atoms in total. The molecule has 0 radical (unpaired) electrons. The van der Waals surface area contributed by atoms with Crippen LogP contribution in [0.25, 0.3) is 0 Å². The summed E-state index contributed by atoms with van der Waals surface area (Å²) < 4.78 is 0. The number of aromatic nitrogens is 2. The predicted molar refractivity (Wildman–Crippen MR) is 64.9 cm³/mol. The first kappa shape index (κ1) is 11.3. The molecule has 0 amide bonds. The van der Waals surface area contributed by atoms with Crippen LogP contribution in [0.5, 0.6) is 0 Å². The highest BCUT2D eigenvalue weighted by Crippen LogP contribution is 2.19. The van der Waals surface area contributed by atoms with E-state index in [0.717, 1.165) is 18.9 Å². The maximum absolute atomic E-state index is 4.17. The molecule has 0 unspecified atom stereocenters. The summed E-state index contributed by atoms with van der Waals surface area (Å²) in [5.74, 6) is 0.875. The van der Waals surface area contributed by atoms with Crippen molar-refractivity contribution in [3.8, 4) is 0 Å². The minimum Gasteiger partial charge on any atom is -0.310 e. The van der Waals surface area contributed by atoms with Gasteiger partial charge in [-0.3, -0.25) is 0 Å². The standard InChI is InChI=1S/C13H19N3/c1-2-5-12(6-3-1)7-10-14-11-13-15-8-4-9-16-13/h4-5,8-9,14H,1-3,6-7,10-11H2. The second-order valence-corrected chi connectivity index (χ2v) is 4.20. The van der Waals surface area contributed by atoms with E-state index in [1.54, 1.807) is 18.0 Å².